The van der Waals surface area contributed by atoms with Crippen molar-refractivity contribution in [2.45, 2.75) is 12.5 Å². The number of ether oxygens (including phenoxy) is 2. The minimum atomic E-state index is -1.15. The van der Waals surface area contributed by atoms with E-state index in [1.165, 1.54) is 14.2 Å². The van der Waals surface area contributed by atoms with Gasteiger partial charge in [0, 0.05) is 17.7 Å². The zero-order valence-electron chi connectivity index (χ0n) is 11.2. The van der Waals surface area contributed by atoms with Gasteiger partial charge < -0.3 is 19.9 Å². The summed E-state index contributed by atoms with van der Waals surface area (Å²) in [6, 6.07) is 3.81. The van der Waals surface area contributed by atoms with Crippen LogP contribution in [0.1, 0.15) is 5.56 Å². The quantitative estimate of drug-likeness (QED) is 0.788. The number of carbonyl (C=O) groups excluding carboxylic acids is 1. The van der Waals surface area contributed by atoms with Gasteiger partial charge in [0.15, 0.2) is 6.04 Å². The van der Waals surface area contributed by atoms with Crippen molar-refractivity contribution >= 4 is 23.5 Å². The van der Waals surface area contributed by atoms with Gasteiger partial charge in [0.1, 0.15) is 5.75 Å². The Balaban J connectivity index is 2.75. The minimum Gasteiger partial charge on any atom is -0.496 e. The molecule has 7 heteroatoms. The summed E-state index contributed by atoms with van der Waals surface area (Å²) in [6.07, 6.45) is -0.0305. The summed E-state index contributed by atoms with van der Waals surface area (Å²) in [5, 5.41) is 11.8. The van der Waals surface area contributed by atoms with Crippen LogP contribution in [0.15, 0.2) is 18.2 Å². The average molecular weight is 302 g/mol. The lowest BCUT2D eigenvalue weighted by atomic mass is 10.1. The maximum atomic E-state index is 11.9. The fraction of sp³-hybridized carbons (Fsp3) is 0.385. The highest BCUT2D eigenvalue weighted by Gasteiger charge is 2.20. The molecule has 1 aromatic carbocycles. The number of carboxylic acid groups (broad SMARTS) is 1. The van der Waals surface area contributed by atoms with Crippen LogP contribution in [-0.4, -0.2) is 43.9 Å². The molecule has 1 rings (SSSR count). The highest BCUT2D eigenvalue weighted by Crippen LogP contribution is 2.22. The molecule has 0 bridgehead atoms. The van der Waals surface area contributed by atoms with E-state index >= 15 is 0 Å². The number of carboxylic acids is 1. The molecule has 0 spiro atoms. The Bertz CT molecular complexity index is 492. The lowest BCUT2D eigenvalue weighted by Crippen LogP contribution is -2.44. The maximum absolute atomic E-state index is 11.9. The third kappa shape index (κ3) is 4.71. The number of aliphatic carboxylic acids is 1. The van der Waals surface area contributed by atoms with Crippen LogP contribution in [0.3, 0.4) is 0 Å². The number of halogens is 1. The van der Waals surface area contributed by atoms with Crippen molar-refractivity contribution in [1.82, 2.24) is 5.32 Å². The molecule has 0 heterocycles. The molecule has 2 N–H and O–H groups in total. The first-order chi connectivity index (χ1) is 9.47. The highest BCUT2D eigenvalue weighted by atomic mass is 35.5. The van der Waals surface area contributed by atoms with Crippen molar-refractivity contribution in [3.05, 3.63) is 28.8 Å². The molecular formula is C13H16ClNO5. The third-order valence-corrected chi connectivity index (χ3v) is 2.80. The predicted octanol–water partition coefficient (Wildman–Crippen LogP) is 1.11. The van der Waals surface area contributed by atoms with E-state index in [0.717, 1.165) is 0 Å². The minimum absolute atomic E-state index is 0.0305. The monoisotopic (exact) mass is 301 g/mol. The van der Waals surface area contributed by atoms with E-state index in [1.807, 2.05) is 0 Å². The molecule has 0 saturated heterocycles. The molecule has 1 atom stereocenters. The lowest BCUT2D eigenvalue weighted by Gasteiger charge is -2.14. The number of nitrogens with one attached hydrogen (secondary N) is 1. The molecule has 0 radical (unpaired) electrons. The van der Waals surface area contributed by atoms with Crippen LogP contribution in [0.2, 0.25) is 5.02 Å². The van der Waals surface area contributed by atoms with Gasteiger partial charge in [-0.2, -0.15) is 0 Å². The van der Waals surface area contributed by atoms with Gasteiger partial charge in [-0.05, 0) is 18.2 Å². The van der Waals surface area contributed by atoms with Gasteiger partial charge in [0.25, 0.3) is 0 Å². The third-order valence-electron chi connectivity index (χ3n) is 2.56. The second kappa shape index (κ2) is 7.72. The fourth-order valence-corrected chi connectivity index (χ4v) is 1.84. The molecule has 110 valence electrons. The van der Waals surface area contributed by atoms with Crippen LogP contribution < -0.4 is 10.1 Å². The number of carbonyl (C=O) groups is 2. The number of amides is 1. The van der Waals surface area contributed by atoms with Gasteiger partial charge in [-0.15, -0.1) is 0 Å². The van der Waals surface area contributed by atoms with Crippen LogP contribution in [-0.2, 0) is 20.7 Å². The smallest absolute Gasteiger partial charge is 0.328 e. The Morgan fingerprint density at radius 2 is 2.10 bits per heavy atom. The number of rotatable bonds is 7. The molecule has 0 aliphatic carbocycles. The van der Waals surface area contributed by atoms with Gasteiger partial charge in [0.05, 0.1) is 20.1 Å². The first kappa shape index (κ1) is 16.3. The molecular weight excluding hydrogens is 286 g/mol. The summed E-state index contributed by atoms with van der Waals surface area (Å²) in [4.78, 5) is 22.8. The average Bonchev–Trinajstić information content (AvgIpc) is 2.38. The molecule has 0 aromatic heterocycles. The van der Waals surface area contributed by atoms with E-state index in [1.54, 1.807) is 18.2 Å². The Kier molecular flexibility index (Phi) is 6.27. The zero-order valence-corrected chi connectivity index (χ0v) is 11.9. The van der Waals surface area contributed by atoms with E-state index in [2.05, 4.69) is 5.32 Å². The molecule has 1 amide bonds. The van der Waals surface area contributed by atoms with Crippen molar-refractivity contribution in [3.63, 3.8) is 0 Å². The summed E-state index contributed by atoms with van der Waals surface area (Å²) in [5.41, 5.74) is 0.582. The molecule has 1 aromatic rings. The largest absolute Gasteiger partial charge is 0.496 e. The summed E-state index contributed by atoms with van der Waals surface area (Å²) in [5.74, 6) is -1.09. The first-order valence-corrected chi connectivity index (χ1v) is 6.19. The van der Waals surface area contributed by atoms with Gasteiger partial charge in [-0.1, -0.05) is 11.6 Å². The van der Waals surface area contributed by atoms with E-state index in [0.29, 0.717) is 16.3 Å². The molecule has 0 fully saturated rings. The van der Waals surface area contributed by atoms with Crippen molar-refractivity contribution < 1.29 is 24.2 Å². The maximum Gasteiger partial charge on any atom is 0.328 e. The Morgan fingerprint density at radius 3 is 2.65 bits per heavy atom. The molecule has 0 saturated carbocycles. The van der Waals surface area contributed by atoms with Gasteiger partial charge in [-0.25, -0.2) is 4.79 Å². The predicted molar refractivity (Wildman–Crippen MR) is 73.2 cm³/mol. The molecule has 20 heavy (non-hydrogen) atoms. The van der Waals surface area contributed by atoms with Crippen molar-refractivity contribution in [2.75, 3.05) is 20.8 Å². The standard InChI is InChI=1S/C13H16ClNO5/c1-19-7-10(13(17)18)15-12(16)6-8-5-9(14)3-4-11(8)20-2/h3-5,10H,6-7H2,1-2H3,(H,15,16)(H,17,18). The van der Waals surface area contributed by atoms with E-state index in [-0.39, 0.29) is 13.0 Å². The van der Waals surface area contributed by atoms with Crippen LogP contribution in [0.25, 0.3) is 0 Å². The van der Waals surface area contributed by atoms with Crippen LogP contribution in [0.4, 0.5) is 0 Å². The Morgan fingerprint density at radius 1 is 1.40 bits per heavy atom. The van der Waals surface area contributed by atoms with Crippen LogP contribution in [0, 0.1) is 0 Å². The number of methoxy groups -OCH3 is 2. The number of hydrogen-bond acceptors (Lipinski definition) is 4. The normalized spacial score (nSPS) is 11.8. The van der Waals surface area contributed by atoms with Crippen molar-refractivity contribution in [3.8, 4) is 5.75 Å². The highest BCUT2D eigenvalue weighted by molar-refractivity contribution is 6.30. The number of hydrogen-bond donors (Lipinski definition) is 2. The second-order valence-electron chi connectivity index (χ2n) is 4.05. The topological polar surface area (TPSA) is 84.9 Å². The van der Waals surface area contributed by atoms with Crippen molar-refractivity contribution in [1.29, 1.82) is 0 Å². The summed E-state index contributed by atoms with van der Waals surface area (Å²) >= 11 is 5.86. The Hall–Kier alpha value is -1.79. The molecule has 6 nitrogen and oxygen atoms in total. The molecule has 0 aliphatic heterocycles. The van der Waals surface area contributed by atoms with Gasteiger partial charge in [0.2, 0.25) is 5.91 Å². The van der Waals surface area contributed by atoms with Crippen LogP contribution in [0.5, 0.6) is 5.75 Å². The van der Waals surface area contributed by atoms with Gasteiger partial charge >= 0.3 is 5.97 Å². The number of benzene rings is 1. The van der Waals surface area contributed by atoms with E-state index in [9.17, 15) is 9.59 Å². The molecule has 0 aliphatic rings. The van der Waals surface area contributed by atoms with E-state index in [4.69, 9.17) is 26.2 Å². The fourth-order valence-electron chi connectivity index (χ4n) is 1.65. The molecule has 1 unspecified atom stereocenters. The van der Waals surface area contributed by atoms with Crippen molar-refractivity contribution in [2.24, 2.45) is 0 Å². The van der Waals surface area contributed by atoms with Crippen LogP contribution >= 0.6 is 11.6 Å². The lowest BCUT2D eigenvalue weighted by molar-refractivity contribution is -0.143. The summed E-state index contributed by atoms with van der Waals surface area (Å²) in [6.45, 7) is -0.103. The second-order valence-corrected chi connectivity index (χ2v) is 4.48. The summed E-state index contributed by atoms with van der Waals surface area (Å²) in [7, 11) is 2.84. The Labute approximate surface area is 121 Å². The zero-order chi connectivity index (χ0) is 15.1. The summed E-state index contributed by atoms with van der Waals surface area (Å²) < 4.78 is 9.86. The SMILES string of the molecule is COCC(NC(=O)Cc1cc(Cl)ccc1OC)C(=O)O. The van der Waals surface area contributed by atoms with E-state index < -0.39 is 17.9 Å². The van der Waals surface area contributed by atoms with Gasteiger partial charge in [-0.3, -0.25) is 4.79 Å². The first-order valence-electron chi connectivity index (χ1n) is 5.81.